The number of hydrogen-bond acceptors (Lipinski definition) is 4. The molecule has 1 aromatic rings. The van der Waals surface area contributed by atoms with E-state index in [1.54, 1.807) is 31.2 Å². The van der Waals surface area contributed by atoms with Crippen molar-refractivity contribution < 1.29 is 14.3 Å². The molecule has 0 fully saturated rings. The van der Waals surface area contributed by atoms with Crippen molar-refractivity contribution >= 4 is 17.6 Å². The molecule has 0 atom stereocenters. The zero-order valence-corrected chi connectivity index (χ0v) is 11.4. The highest BCUT2D eigenvalue weighted by Gasteiger charge is 2.06. The first-order chi connectivity index (χ1) is 9.17. The molecular formula is C14H20N2O3. The summed E-state index contributed by atoms with van der Waals surface area (Å²) in [5.74, 6) is -0.381. The Bertz CT molecular complexity index is 415. The van der Waals surface area contributed by atoms with Crippen LogP contribution in [-0.4, -0.2) is 32.1 Å². The van der Waals surface area contributed by atoms with Gasteiger partial charge in [0, 0.05) is 12.1 Å². The molecule has 2 N–H and O–H groups in total. The molecule has 0 saturated carbocycles. The molecule has 0 heterocycles. The number of esters is 1. The second-order valence-corrected chi connectivity index (χ2v) is 4.05. The number of benzene rings is 1. The van der Waals surface area contributed by atoms with Crippen LogP contribution in [-0.2, 0) is 9.53 Å². The topological polar surface area (TPSA) is 67.4 Å². The summed E-state index contributed by atoms with van der Waals surface area (Å²) in [6.45, 7) is 2.93. The third-order valence-electron chi connectivity index (χ3n) is 2.51. The molecule has 0 radical (unpaired) electrons. The molecule has 104 valence electrons. The summed E-state index contributed by atoms with van der Waals surface area (Å²) in [6, 6.07) is 6.67. The fourth-order valence-corrected chi connectivity index (χ4v) is 1.55. The van der Waals surface area contributed by atoms with E-state index in [1.807, 2.05) is 7.05 Å². The van der Waals surface area contributed by atoms with E-state index in [9.17, 15) is 9.59 Å². The van der Waals surface area contributed by atoms with Gasteiger partial charge in [0.25, 0.3) is 0 Å². The summed E-state index contributed by atoms with van der Waals surface area (Å²) in [7, 11) is 1.85. The van der Waals surface area contributed by atoms with Gasteiger partial charge in [0.05, 0.1) is 12.2 Å². The summed E-state index contributed by atoms with van der Waals surface area (Å²) < 4.78 is 4.88. The van der Waals surface area contributed by atoms with Crippen molar-refractivity contribution in [3.05, 3.63) is 29.8 Å². The number of nitrogens with one attached hydrogen (secondary N) is 2. The van der Waals surface area contributed by atoms with Crippen molar-refractivity contribution in [3.63, 3.8) is 0 Å². The van der Waals surface area contributed by atoms with Crippen LogP contribution < -0.4 is 10.6 Å². The van der Waals surface area contributed by atoms with E-state index in [0.29, 0.717) is 24.3 Å². The fraction of sp³-hybridized carbons (Fsp3) is 0.429. The smallest absolute Gasteiger partial charge is 0.338 e. The largest absolute Gasteiger partial charge is 0.462 e. The fourth-order valence-electron chi connectivity index (χ4n) is 1.55. The second kappa shape index (κ2) is 8.26. The quantitative estimate of drug-likeness (QED) is 0.582. The van der Waals surface area contributed by atoms with Gasteiger partial charge in [-0.25, -0.2) is 4.79 Å². The van der Waals surface area contributed by atoms with Gasteiger partial charge >= 0.3 is 5.97 Å². The molecule has 5 heteroatoms. The molecule has 0 saturated heterocycles. The molecule has 0 aliphatic heterocycles. The monoisotopic (exact) mass is 264 g/mol. The van der Waals surface area contributed by atoms with E-state index >= 15 is 0 Å². The number of carbonyl (C=O) groups excluding carboxylic acids is 2. The first kappa shape index (κ1) is 15.2. The minimum atomic E-state index is -0.352. The van der Waals surface area contributed by atoms with Crippen LogP contribution >= 0.6 is 0 Å². The van der Waals surface area contributed by atoms with E-state index in [0.717, 1.165) is 13.0 Å². The zero-order chi connectivity index (χ0) is 14.1. The molecule has 1 rings (SSSR count). The SMILES string of the molecule is CCOC(=O)c1ccc(NC(=O)CCCNC)cc1. The van der Waals surface area contributed by atoms with Crippen LogP contribution in [0.25, 0.3) is 0 Å². The highest BCUT2D eigenvalue weighted by atomic mass is 16.5. The van der Waals surface area contributed by atoms with Gasteiger partial charge in [-0.1, -0.05) is 0 Å². The molecule has 0 unspecified atom stereocenters. The molecule has 0 aromatic heterocycles. The van der Waals surface area contributed by atoms with Crippen LogP contribution in [0.4, 0.5) is 5.69 Å². The Morgan fingerprint density at radius 1 is 1.21 bits per heavy atom. The molecule has 0 aliphatic carbocycles. The predicted molar refractivity (Wildman–Crippen MR) is 74.2 cm³/mol. The molecule has 19 heavy (non-hydrogen) atoms. The van der Waals surface area contributed by atoms with E-state index in [4.69, 9.17) is 4.74 Å². The normalized spacial score (nSPS) is 10.0. The maximum absolute atomic E-state index is 11.6. The predicted octanol–water partition coefficient (Wildman–Crippen LogP) is 1.80. The van der Waals surface area contributed by atoms with Gasteiger partial charge in [-0.05, 0) is 51.2 Å². The van der Waals surface area contributed by atoms with Crippen molar-refractivity contribution in [2.45, 2.75) is 19.8 Å². The van der Waals surface area contributed by atoms with Crippen molar-refractivity contribution in [1.82, 2.24) is 5.32 Å². The van der Waals surface area contributed by atoms with Gasteiger partial charge in [0.2, 0.25) is 5.91 Å². The number of hydrogen-bond donors (Lipinski definition) is 2. The van der Waals surface area contributed by atoms with Crippen molar-refractivity contribution in [2.24, 2.45) is 0 Å². The lowest BCUT2D eigenvalue weighted by molar-refractivity contribution is -0.116. The summed E-state index contributed by atoms with van der Waals surface area (Å²) >= 11 is 0. The number of rotatable bonds is 7. The Hall–Kier alpha value is -1.88. The number of ether oxygens (including phenoxy) is 1. The van der Waals surface area contributed by atoms with Gasteiger partial charge in [-0.2, -0.15) is 0 Å². The molecular weight excluding hydrogens is 244 g/mol. The zero-order valence-electron chi connectivity index (χ0n) is 11.4. The molecule has 5 nitrogen and oxygen atoms in total. The lowest BCUT2D eigenvalue weighted by atomic mass is 10.2. The van der Waals surface area contributed by atoms with Gasteiger partial charge < -0.3 is 15.4 Å². The Kier molecular flexibility index (Phi) is 6.60. The Morgan fingerprint density at radius 2 is 1.89 bits per heavy atom. The number of anilines is 1. The van der Waals surface area contributed by atoms with Crippen molar-refractivity contribution in [1.29, 1.82) is 0 Å². The van der Waals surface area contributed by atoms with Gasteiger partial charge in [-0.3, -0.25) is 4.79 Å². The summed E-state index contributed by atoms with van der Waals surface area (Å²) in [6.07, 6.45) is 1.27. The minimum Gasteiger partial charge on any atom is -0.462 e. The maximum atomic E-state index is 11.6. The van der Waals surface area contributed by atoms with E-state index < -0.39 is 0 Å². The lowest BCUT2D eigenvalue weighted by Gasteiger charge is -2.06. The van der Waals surface area contributed by atoms with Crippen LogP contribution in [0.2, 0.25) is 0 Å². The average Bonchev–Trinajstić information content (AvgIpc) is 2.40. The summed E-state index contributed by atoms with van der Waals surface area (Å²) in [5.41, 5.74) is 1.16. The molecule has 0 bridgehead atoms. The first-order valence-electron chi connectivity index (χ1n) is 6.39. The molecule has 1 amide bonds. The average molecular weight is 264 g/mol. The summed E-state index contributed by atoms with van der Waals surface area (Å²) in [5, 5.41) is 5.77. The van der Waals surface area contributed by atoms with Crippen molar-refractivity contribution in [2.75, 3.05) is 25.5 Å². The Labute approximate surface area is 113 Å². The maximum Gasteiger partial charge on any atom is 0.338 e. The molecule has 1 aromatic carbocycles. The van der Waals surface area contributed by atoms with Crippen molar-refractivity contribution in [3.8, 4) is 0 Å². The number of amides is 1. The van der Waals surface area contributed by atoms with Crippen LogP contribution in [0.3, 0.4) is 0 Å². The van der Waals surface area contributed by atoms with E-state index in [2.05, 4.69) is 10.6 Å². The Morgan fingerprint density at radius 3 is 2.47 bits per heavy atom. The Balaban J connectivity index is 2.47. The first-order valence-corrected chi connectivity index (χ1v) is 6.39. The third kappa shape index (κ3) is 5.52. The molecule has 0 aliphatic rings. The van der Waals surface area contributed by atoms with Crippen LogP contribution in [0.1, 0.15) is 30.1 Å². The van der Waals surface area contributed by atoms with Gasteiger partial charge in [0.15, 0.2) is 0 Å². The van der Waals surface area contributed by atoms with Gasteiger partial charge in [0.1, 0.15) is 0 Å². The summed E-state index contributed by atoms with van der Waals surface area (Å²) in [4.78, 5) is 23.0. The highest BCUT2D eigenvalue weighted by Crippen LogP contribution is 2.11. The minimum absolute atomic E-state index is 0.0286. The van der Waals surface area contributed by atoms with Crippen LogP contribution in [0.5, 0.6) is 0 Å². The number of carbonyl (C=O) groups is 2. The molecule has 0 spiro atoms. The van der Waals surface area contributed by atoms with E-state index in [1.165, 1.54) is 0 Å². The third-order valence-corrected chi connectivity index (χ3v) is 2.51. The second-order valence-electron chi connectivity index (χ2n) is 4.05. The highest BCUT2D eigenvalue weighted by molar-refractivity contribution is 5.93. The van der Waals surface area contributed by atoms with Crippen LogP contribution in [0, 0.1) is 0 Å². The standard InChI is InChI=1S/C14H20N2O3/c1-3-19-14(18)11-6-8-12(9-7-11)16-13(17)5-4-10-15-2/h6-9,15H,3-5,10H2,1-2H3,(H,16,17). The van der Waals surface area contributed by atoms with Crippen LogP contribution in [0.15, 0.2) is 24.3 Å². The van der Waals surface area contributed by atoms with Gasteiger partial charge in [-0.15, -0.1) is 0 Å². The van der Waals surface area contributed by atoms with E-state index in [-0.39, 0.29) is 11.9 Å². The lowest BCUT2D eigenvalue weighted by Crippen LogP contribution is -2.15.